The summed E-state index contributed by atoms with van der Waals surface area (Å²) in [7, 11) is 0. The fraction of sp³-hybridized carbons (Fsp3) is 0.435. The molecule has 1 aromatic heterocycles. The Balaban J connectivity index is 1.14. The van der Waals surface area contributed by atoms with Crippen LogP contribution in [0.2, 0.25) is 0 Å². The van der Waals surface area contributed by atoms with E-state index in [-0.39, 0.29) is 6.09 Å². The lowest BCUT2D eigenvalue weighted by Crippen LogP contribution is -2.35. The van der Waals surface area contributed by atoms with Gasteiger partial charge in [-0.2, -0.15) is 5.26 Å². The van der Waals surface area contributed by atoms with Gasteiger partial charge >= 0.3 is 6.09 Å². The highest BCUT2D eigenvalue weighted by Crippen LogP contribution is 2.31. The van der Waals surface area contributed by atoms with Gasteiger partial charge in [0.05, 0.1) is 18.2 Å². The second-order valence-corrected chi connectivity index (χ2v) is 7.89. The Bertz CT molecular complexity index is 868. The average molecular weight is 406 g/mol. The molecule has 3 heterocycles. The molecule has 0 saturated carbocycles. The summed E-state index contributed by atoms with van der Waals surface area (Å²) in [5, 5.41) is 8.84. The van der Waals surface area contributed by atoms with Crippen LogP contribution in [-0.2, 0) is 11.2 Å². The van der Waals surface area contributed by atoms with E-state index in [1.165, 1.54) is 0 Å². The van der Waals surface area contributed by atoms with Crippen molar-refractivity contribution in [3.63, 3.8) is 0 Å². The number of hydrogen-bond donors (Lipinski definition) is 0. The van der Waals surface area contributed by atoms with Gasteiger partial charge < -0.3 is 14.4 Å². The van der Waals surface area contributed by atoms with Gasteiger partial charge in [-0.3, -0.25) is 9.88 Å². The van der Waals surface area contributed by atoms with Gasteiger partial charge in [-0.1, -0.05) is 0 Å². The number of benzene rings is 1. The van der Waals surface area contributed by atoms with Crippen molar-refractivity contribution in [2.24, 2.45) is 11.8 Å². The molecule has 2 aliphatic rings. The molecule has 2 aromatic rings. The SMILES string of the molecule is N#Cc1ccc(OCCN2CC3CN(C(=O)OCCc4ccncc4)CC3C2)cc1. The maximum absolute atomic E-state index is 12.4. The molecule has 156 valence electrons. The number of hydrogen-bond acceptors (Lipinski definition) is 6. The summed E-state index contributed by atoms with van der Waals surface area (Å²) in [6.45, 7) is 5.39. The molecule has 0 bridgehead atoms. The molecule has 2 saturated heterocycles. The topological polar surface area (TPSA) is 78.7 Å². The van der Waals surface area contributed by atoms with E-state index in [4.69, 9.17) is 14.7 Å². The van der Waals surface area contributed by atoms with Crippen molar-refractivity contribution in [3.8, 4) is 11.8 Å². The van der Waals surface area contributed by atoms with Crippen molar-refractivity contribution in [3.05, 3.63) is 59.9 Å². The van der Waals surface area contributed by atoms with Crippen LogP contribution in [0.1, 0.15) is 11.1 Å². The molecule has 7 nitrogen and oxygen atoms in total. The molecule has 0 N–H and O–H groups in total. The Hall–Kier alpha value is -3.11. The second kappa shape index (κ2) is 9.59. The molecule has 1 amide bonds. The number of carbonyl (C=O) groups is 1. The van der Waals surface area contributed by atoms with E-state index in [2.05, 4.69) is 16.0 Å². The van der Waals surface area contributed by atoms with Crippen molar-refractivity contribution in [1.29, 1.82) is 5.26 Å². The number of carbonyl (C=O) groups excluding carboxylic acids is 1. The Morgan fingerprint density at radius 3 is 2.40 bits per heavy atom. The minimum absolute atomic E-state index is 0.200. The van der Waals surface area contributed by atoms with Gasteiger partial charge in [-0.05, 0) is 53.8 Å². The van der Waals surface area contributed by atoms with Crippen molar-refractivity contribution in [1.82, 2.24) is 14.8 Å². The maximum atomic E-state index is 12.4. The van der Waals surface area contributed by atoms with Gasteiger partial charge in [0.25, 0.3) is 0 Å². The number of amides is 1. The van der Waals surface area contributed by atoms with Crippen LogP contribution in [0.3, 0.4) is 0 Å². The lowest BCUT2D eigenvalue weighted by molar-refractivity contribution is 0.106. The van der Waals surface area contributed by atoms with E-state index in [9.17, 15) is 4.79 Å². The van der Waals surface area contributed by atoms with Crippen LogP contribution >= 0.6 is 0 Å². The van der Waals surface area contributed by atoms with Gasteiger partial charge in [0, 0.05) is 51.5 Å². The third kappa shape index (κ3) is 5.08. The van der Waals surface area contributed by atoms with Crippen molar-refractivity contribution < 1.29 is 14.3 Å². The smallest absolute Gasteiger partial charge is 0.409 e. The molecule has 0 radical (unpaired) electrons. The summed E-state index contributed by atoms with van der Waals surface area (Å²) in [6, 6.07) is 13.2. The van der Waals surface area contributed by atoms with Gasteiger partial charge in [0.15, 0.2) is 0 Å². The third-order valence-corrected chi connectivity index (χ3v) is 5.85. The van der Waals surface area contributed by atoms with Crippen LogP contribution in [0.15, 0.2) is 48.8 Å². The Kier molecular flexibility index (Phi) is 6.45. The zero-order valence-electron chi connectivity index (χ0n) is 16.9. The molecular formula is C23H26N4O3. The summed E-state index contributed by atoms with van der Waals surface area (Å²) in [6.07, 6.45) is 4.01. The minimum atomic E-state index is -0.200. The van der Waals surface area contributed by atoms with Gasteiger partial charge in [0.2, 0.25) is 0 Å². The van der Waals surface area contributed by atoms with E-state index >= 15 is 0 Å². The highest BCUT2D eigenvalue weighted by molar-refractivity contribution is 5.68. The van der Waals surface area contributed by atoms with Gasteiger partial charge in [-0.25, -0.2) is 4.79 Å². The first-order valence-corrected chi connectivity index (χ1v) is 10.4. The Morgan fingerprint density at radius 2 is 1.73 bits per heavy atom. The molecule has 30 heavy (non-hydrogen) atoms. The molecule has 2 atom stereocenters. The number of rotatable bonds is 7. The quantitative estimate of drug-likeness (QED) is 0.703. The monoisotopic (exact) mass is 406 g/mol. The van der Waals surface area contributed by atoms with Crippen molar-refractivity contribution in [2.45, 2.75) is 6.42 Å². The van der Waals surface area contributed by atoms with Crippen molar-refractivity contribution in [2.75, 3.05) is 45.9 Å². The molecule has 2 unspecified atom stereocenters. The Labute approximate surface area is 176 Å². The van der Waals surface area contributed by atoms with Gasteiger partial charge in [0.1, 0.15) is 12.4 Å². The molecule has 7 heteroatoms. The number of ether oxygens (including phenoxy) is 2. The molecule has 1 aromatic carbocycles. The number of fused-ring (bicyclic) bond motifs is 1. The van der Waals surface area contributed by atoms with Crippen LogP contribution < -0.4 is 4.74 Å². The van der Waals surface area contributed by atoms with Crippen LogP contribution in [0.25, 0.3) is 0 Å². The molecule has 0 spiro atoms. The molecule has 2 aliphatic heterocycles. The molecule has 0 aliphatic carbocycles. The van der Waals surface area contributed by atoms with E-state index in [0.717, 1.165) is 44.0 Å². The number of pyridine rings is 1. The highest BCUT2D eigenvalue weighted by Gasteiger charge is 2.41. The third-order valence-electron chi connectivity index (χ3n) is 5.85. The molecule has 2 fully saturated rings. The Morgan fingerprint density at radius 1 is 1.03 bits per heavy atom. The first-order chi connectivity index (χ1) is 14.7. The number of nitrogens with zero attached hydrogens (tertiary/aromatic N) is 4. The first kappa shape index (κ1) is 20.2. The number of nitriles is 1. The average Bonchev–Trinajstić information content (AvgIpc) is 3.34. The van der Waals surface area contributed by atoms with E-state index in [0.29, 0.717) is 37.0 Å². The van der Waals surface area contributed by atoms with Crippen LogP contribution in [-0.4, -0.2) is 66.8 Å². The summed E-state index contributed by atoms with van der Waals surface area (Å²) in [5.74, 6) is 1.80. The largest absolute Gasteiger partial charge is 0.492 e. The summed E-state index contributed by atoms with van der Waals surface area (Å²) in [5.41, 5.74) is 1.75. The zero-order valence-corrected chi connectivity index (χ0v) is 16.9. The summed E-state index contributed by atoms with van der Waals surface area (Å²) < 4.78 is 11.3. The fourth-order valence-electron chi connectivity index (χ4n) is 4.24. The number of likely N-dealkylation sites (tertiary alicyclic amines) is 2. The molecule has 4 rings (SSSR count). The van der Waals surface area contributed by atoms with E-state index in [1.807, 2.05) is 29.2 Å². The normalized spacial score (nSPS) is 20.6. The standard InChI is InChI=1S/C23H26N4O3/c24-13-19-1-3-22(4-2-19)29-12-10-26-14-20-16-27(17-21(20)15-26)23(28)30-11-7-18-5-8-25-9-6-18/h1-6,8-9,20-21H,7,10-12,14-17H2. The maximum Gasteiger partial charge on any atom is 0.409 e. The lowest BCUT2D eigenvalue weighted by atomic mass is 10.0. The van der Waals surface area contributed by atoms with E-state index in [1.54, 1.807) is 24.5 Å². The summed E-state index contributed by atoms with van der Waals surface area (Å²) >= 11 is 0. The fourth-order valence-corrected chi connectivity index (χ4v) is 4.24. The van der Waals surface area contributed by atoms with Crippen LogP contribution in [0.4, 0.5) is 4.79 Å². The lowest BCUT2D eigenvalue weighted by Gasteiger charge is -2.21. The van der Waals surface area contributed by atoms with Gasteiger partial charge in [-0.15, -0.1) is 0 Å². The zero-order chi connectivity index (χ0) is 20.8. The predicted octanol–water partition coefficient (Wildman–Crippen LogP) is 2.57. The van der Waals surface area contributed by atoms with Crippen LogP contribution in [0.5, 0.6) is 5.75 Å². The van der Waals surface area contributed by atoms with Crippen LogP contribution in [0, 0.1) is 23.2 Å². The first-order valence-electron chi connectivity index (χ1n) is 10.4. The second-order valence-electron chi connectivity index (χ2n) is 7.89. The summed E-state index contributed by atoms with van der Waals surface area (Å²) in [4.78, 5) is 20.6. The van der Waals surface area contributed by atoms with E-state index < -0.39 is 0 Å². The number of aromatic nitrogens is 1. The van der Waals surface area contributed by atoms with Crippen molar-refractivity contribution >= 4 is 6.09 Å². The highest BCUT2D eigenvalue weighted by atomic mass is 16.6. The minimum Gasteiger partial charge on any atom is -0.492 e. The predicted molar refractivity (Wildman–Crippen MR) is 111 cm³/mol. The molecular weight excluding hydrogens is 380 g/mol.